The van der Waals surface area contributed by atoms with Crippen molar-refractivity contribution >= 4 is 11.7 Å². The first kappa shape index (κ1) is 16.9. The molecule has 1 unspecified atom stereocenters. The Bertz CT molecular complexity index is 526. The molecular weight excluding hydrogens is 302 g/mol. The molecule has 0 aromatic heterocycles. The van der Waals surface area contributed by atoms with E-state index in [0.29, 0.717) is 12.0 Å². The molecule has 0 radical (unpaired) electrons. The van der Waals surface area contributed by atoms with Crippen molar-refractivity contribution in [1.29, 1.82) is 0 Å². The molecule has 1 heterocycles. The van der Waals surface area contributed by atoms with E-state index in [9.17, 15) is 4.79 Å². The number of nitrogens with one attached hydrogen (secondary N) is 2. The van der Waals surface area contributed by atoms with E-state index in [2.05, 4.69) is 27.7 Å². The minimum absolute atomic E-state index is 0.00444. The maximum Gasteiger partial charge on any atom is 0.315 e. The summed E-state index contributed by atoms with van der Waals surface area (Å²) in [5.41, 5.74) is 1.23. The summed E-state index contributed by atoms with van der Waals surface area (Å²) in [4.78, 5) is 14.4. The van der Waals surface area contributed by atoms with Crippen molar-refractivity contribution in [1.82, 2.24) is 10.6 Å². The smallest absolute Gasteiger partial charge is 0.315 e. The lowest BCUT2D eigenvalue weighted by molar-refractivity contribution is 0.231. The summed E-state index contributed by atoms with van der Waals surface area (Å²) < 4.78 is 5.21. The fourth-order valence-electron chi connectivity index (χ4n) is 3.75. The molecule has 24 heavy (non-hydrogen) atoms. The van der Waals surface area contributed by atoms with Crippen molar-refractivity contribution in [2.45, 2.75) is 44.6 Å². The van der Waals surface area contributed by atoms with Gasteiger partial charge in [-0.2, -0.15) is 0 Å². The molecule has 1 atom stereocenters. The number of methoxy groups -OCH3 is 1. The van der Waals surface area contributed by atoms with Gasteiger partial charge in [0.1, 0.15) is 5.75 Å². The van der Waals surface area contributed by atoms with Gasteiger partial charge in [0.15, 0.2) is 0 Å². The Morgan fingerprint density at radius 3 is 2.62 bits per heavy atom. The monoisotopic (exact) mass is 331 g/mol. The molecule has 1 saturated heterocycles. The van der Waals surface area contributed by atoms with Gasteiger partial charge in [0.05, 0.1) is 7.11 Å². The first-order valence-corrected chi connectivity index (χ1v) is 9.18. The molecule has 1 aromatic rings. The van der Waals surface area contributed by atoms with Crippen LogP contribution in [0.2, 0.25) is 0 Å². The second kappa shape index (κ2) is 8.27. The van der Waals surface area contributed by atoms with Gasteiger partial charge >= 0.3 is 6.03 Å². The quantitative estimate of drug-likeness (QED) is 0.871. The van der Waals surface area contributed by atoms with Gasteiger partial charge in [-0.15, -0.1) is 0 Å². The lowest BCUT2D eigenvalue weighted by atomic mass is 9.96. The van der Waals surface area contributed by atoms with E-state index in [-0.39, 0.29) is 6.03 Å². The Hall–Kier alpha value is -1.91. The molecule has 5 heteroatoms. The minimum Gasteiger partial charge on any atom is -0.497 e. The van der Waals surface area contributed by atoms with E-state index < -0.39 is 0 Å². The third kappa shape index (κ3) is 4.56. The van der Waals surface area contributed by atoms with Crippen LogP contribution in [0.3, 0.4) is 0 Å². The van der Waals surface area contributed by atoms with Crippen LogP contribution in [0.4, 0.5) is 10.5 Å². The second-order valence-electron chi connectivity index (χ2n) is 6.99. The topological polar surface area (TPSA) is 53.6 Å². The molecule has 3 rings (SSSR count). The van der Waals surface area contributed by atoms with E-state index in [1.807, 2.05) is 12.1 Å². The van der Waals surface area contributed by atoms with Gasteiger partial charge in [0.2, 0.25) is 0 Å². The molecule has 1 aliphatic carbocycles. The van der Waals surface area contributed by atoms with Crippen molar-refractivity contribution in [2.75, 3.05) is 31.6 Å². The van der Waals surface area contributed by atoms with Crippen LogP contribution in [0.5, 0.6) is 5.75 Å². The van der Waals surface area contributed by atoms with Gasteiger partial charge in [-0.1, -0.05) is 19.3 Å². The predicted molar refractivity (Wildman–Crippen MR) is 96.7 cm³/mol. The van der Waals surface area contributed by atoms with Gasteiger partial charge in [-0.3, -0.25) is 0 Å². The minimum atomic E-state index is 0.00444. The van der Waals surface area contributed by atoms with Crippen LogP contribution in [0.1, 0.15) is 38.5 Å². The third-order valence-corrected chi connectivity index (χ3v) is 5.22. The Kier molecular flexibility index (Phi) is 5.83. The molecule has 2 fully saturated rings. The van der Waals surface area contributed by atoms with Gasteiger partial charge in [0.25, 0.3) is 0 Å². The fraction of sp³-hybridized carbons (Fsp3) is 0.632. The molecule has 1 saturated carbocycles. The summed E-state index contributed by atoms with van der Waals surface area (Å²) in [7, 11) is 1.69. The van der Waals surface area contributed by atoms with E-state index in [0.717, 1.165) is 44.6 Å². The zero-order valence-corrected chi connectivity index (χ0v) is 14.6. The lowest BCUT2D eigenvalue weighted by Crippen LogP contribution is -2.44. The molecular formula is C19H29N3O2. The highest BCUT2D eigenvalue weighted by atomic mass is 16.5. The Morgan fingerprint density at radius 1 is 1.17 bits per heavy atom. The Balaban J connectivity index is 1.39. The molecule has 2 N–H and O–H groups in total. The maximum absolute atomic E-state index is 12.0. The highest BCUT2D eigenvalue weighted by Crippen LogP contribution is 2.25. The van der Waals surface area contributed by atoms with Gasteiger partial charge in [-0.25, -0.2) is 4.79 Å². The molecule has 5 nitrogen and oxygen atoms in total. The fourth-order valence-corrected chi connectivity index (χ4v) is 3.75. The first-order chi connectivity index (χ1) is 11.7. The average Bonchev–Trinajstić information content (AvgIpc) is 3.10. The van der Waals surface area contributed by atoms with Crippen molar-refractivity contribution in [3.8, 4) is 5.75 Å². The van der Waals surface area contributed by atoms with Crippen LogP contribution < -0.4 is 20.3 Å². The standard InChI is InChI=1S/C19H29N3O2/c1-24-18-9-7-17(8-10-18)22-12-11-15(14-22)13-20-19(23)21-16-5-3-2-4-6-16/h7-10,15-16H,2-6,11-14H2,1H3,(H2,20,21,23). The largest absolute Gasteiger partial charge is 0.497 e. The summed E-state index contributed by atoms with van der Waals surface area (Å²) in [5, 5.41) is 6.19. The highest BCUT2D eigenvalue weighted by Gasteiger charge is 2.23. The lowest BCUT2D eigenvalue weighted by Gasteiger charge is -2.23. The number of rotatable bonds is 5. The van der Waals surface area contributed by atoms with Crippen molar-refractivity contribution in [3.63, 3.8) is 0 Å². The van der Waals surface area contributed by atoms with Crippen molar-refractivity contribution in [3.05, 3.63) is 24.3 Å². The van der Waals surface area contributed by atoms with Crippen LogP contribution in [0, 0.1) is 5.92 Å². The zero-order valence-electron chi connectivity index (χ0n) is 14.6. The van der Waals surface area contributed by atoms with Crippen LogP contribution in [0.15, 0.2) is 24.3 Å². The number of amides is 2. The van der Waals surface area contributed by atoms with E-state index >= 15 is 0 Å². The summed E-state index contributed by atoms with van der Waals surface area (Å²) in [6.45, 7) is 2.80. The molecule has 1 aromatic carbocycles. The zero-order chi connectivity index (χ0) is 16.8. The predicted octanol–water partition coefficient (Wildman–Crippen LogP) is 3.15. The number of carbonyl (C=O) groups excluding carboxylic acids is 1. The molecule has 0 bridgehead atoms. The molecule has 1 aliphatic heterocycles. The summed E-state index contributed by atoms with van der Waals surface area (Å²) >= 11 is 0. The van der Waals surface area contributed by atoms with Gasteiger partial charge in [-0.05, 0) is 49.4 Å². The average molecular weight is 331 g/mol. The number of hydrogen-bond acceptors (Lipinski definition) is 3. The summed E-state index contributed by atoms with van der Waals surface area (Å²) in [6, 6.07) is 8.58. The van der Waals surface area contributed by atoms with Gasteiger partial charge in [0, 0.05) is 31.4 Å². The first-order valence-electron chi connectivity index (χ1n) is 9.18. The second-order valence-corrected chi connectivity index (χ2v) is 6.99. The summed E-state index contributed by atoms with van der Waals surface area (Å²) in [6.07, 6.45) is 7.16. The molecule has 0 spiro atoms. The number of nitrogens with zero attached hydrogens (tertiary/aromatic N) is 1. The Labute approximate surface area is 144 Å². The normalized spacial score (nSPS) is 21.5. The third-order valence-electron chi connectivity index (χ3n) is 5.22. The van der Waals surface area contributed by atoms with Crippen molar-refractivity contribution in [2.24, 2.45) is 5.92 Å². The van der Waals surface area contributed by atoms with Crippen molar-refractivity contribution < 1.29 is 9.53 Å². The maximum atomic E-state index is 12.0. The Morgan fingerprint density at radius 2 is 1.92 bits per heavy atom. The SMILES string of the molecule is COc1ccc(N2CCC(CNC(=O)NC3CCCCC3)C2)cc1. The number of urea groups is 1. The number of hydrogen-bond donors (Lipinski definition) is 2. The molecule has 132 valence electrons. The van der Waals surface area contributed by atoms with E-state index in [1.165, 1.54) is 24.9 Å². The van der Waals surface area contributed by atoms with Crippen LogP contribution in [-0.2, 0) is 0 Å². The molecule has 2 aliphatic rings. The van der Waals surface area contributed by atoms with E-state index in [4.69, 9.17) is 4.74 Å². The van der Waals surface area contributed by atoms with Crippen LogP contribution in [-0.4, -0.2) is 38.8 Å². The number of anilines is 1. The molecule has 2 amide bonds. The van der Waals surface area contributed by atoms with Crippen LogP contribution >= 0.6 is 0 Å². The summed E-state index contributed by atoms with van der Waals surface area (Å²) in [5.74, 6) is 1.40. The van der Waals surface area contributed by atoms with Gasteiger partial charge < -0.3 is 20.3 Å². The number of ether oxygens (including phenoxy) is 1. The van der Waals surface area contributed by atoms with E-state index in [1.54, 1.807) is 7.11 Å². The number of benzene rings is 1. The number of carbonyl (C=O) groups is 1. The van der Waals surface area contributed by atoms with Crippen LogP contribution in [0.25, 0.3) is 0 Å². The highest BCUT2D eigenvalue weighted by molar-refractivity contribution is 5.74.